The second kappa shape index (κ2) is 7.84. The third kappa shape index (κ3) is 5.67. The Balaban J connectivity index is 2.43. The summed E-state index contributed by atoms with van der Waals surface area (Å²) in [6.45, 7) is 14.3. The Morgan fingerprint density at radius 2 is 1.85 bits per heavy atom. The fourth-order valence-corrected chi connectivity index (χ4v) is 2.65. The van der Waals surface area contributed by atoms with E-state index in [0.717, 1.165) is 39.0 Å². The van der Waals surface area contributed by atoms with Crippen molar-refractivity contribution in [3.8, 4) is 0 Å². The molecule has 1 aliphatic rings. The van der Waals surface area contributed by atoms with E-state index in [1.54, 1.807) is 0 Å². The SMILES string of the molecule is CCCC(C(N)=NO)N1CCN(CCC(C)(C)C)CC1. The normalized spacial score (nSPS) is 21.1. The molecule has 0 radical (unpaired) electrons. The molecule has 0 bridgehead atoms. The second-order valence-electron chi connectivity index (χ2n) is 7.02. The molecule has 20 heavy (non-hydrogen) atoms. The van der Waals surface area contributed by atoms with E-state index in [2.05, 4.69) is 42.7 Å². The molecule has 118 valence electrons. The van der Waals surface area contributed by atoms with Crippen LogP contribution in [0.2, 0.25) is 0 Å². The van der Waals surface area contributed by atoms with Crippen molar-refractivity contribution in [3.05, 3.63) is 0 Å². The lowest BCUT2D eigenvalue weighted by atomic mass is 9.92. The van der Waals surface area contributed by atoms with E-state index in [9.17, 15) is 0 Å². The molecule has 0 aliphatic carbocycles. The maximum Gasteiger partial charge on any atom is 0.156 e. The molecule has 0 aromatic rings. The summed E-state index contributed by atoms with van der Waals surface area (Å²) >= 11 is 0. The predicted octanol–water partition coefficient (Wildman–Crippen LogP) is 1.96. The smallest absolute Gasteiger partial charge is 0.156 e. The fourth-order valence-electron chi connectivity index (χ4n) is 2.65. The average Bonchev–Trinajstić information content (AvgIpc) is 2.41. The van der Waals surface area contributed by atoms with Gasteiger partial charge in [-0.3, -0.25) is 4.90 Å². The van der Waals surface area contributed by atoms with Crippen molar-refractivity contribution in [1.82, 2.24) is 9.80 Å². The molecular weight excluding hydrogens is 252 g/mol. The van der Waals surface area contributed by atoms with E-state index < -0.39 is 0 Å². The molecule has 1 fully saturated rings. The third-order valence-corrected chi connectivity index (χ3v) is 4.04. The number of nitrogens with two attached hydrogens (primary N) is 1. The molecule has 5 nitrogen and oxygen atoms in total. The van der Waals surface area contributed by atoms with Gasteiger partial charge in [0.05, 0.1) is 6.04 Å². The molecule has 1 atom stereocenters. The van der Waals surface area contributed by atoms with E-state index in [4.69, 9.17) is 10.9 Å². The topological polar surface area (TPSA) is 65.1 Å². The number of hydrogen-bond acceptors (Lipinski definition) is 4. The van der Waals surface area contributed by atoms with Gasteiger partial charge in [0, 0.05) is 26.2 Å². The molecule has 1 rings (SSSR count). The first kappa shape index (κ1) is 17.2. The first-order valence-corrected chi connectivity index (χ1v) is 7.81. The van der Waals surface area contributed by atoms with Crippen molar-refractivity contribution in [2.75, 3.05) is 32.7 Å². The minimum Gasteiger partial charge on any atom is -0.409 e. The fraction of sp³-hybridized carbons (Fsp3) is 0.933. The number of oxime groups is 1. The summed E-state index contributed by atoms with van der Waals surface area (Å²) in [7, 11) is 0. The summed E-state index contributed by atoms with van der Waals surface area (Å²) < 4.78 is 0. The van der Waals surface area contributed by atoms with Crippen LogP contribution in [-0.4, -0.2) is 59.6 Å². The van der Waals surface area contributed by atoms with Crippen molar-refractivity contribution >= 4 is 5.84 Å². The summed E-state index contributed by atoms with van der Waals surface area (Å²) in [4.78, 5) is 4.88. The van der Waals surface area contributed by atoms with Crippen LogP contribution in [0.25, 0.3) is 0 Å². The van der Waals surface area contributed by atoms with Gasteiger partial charge in [0.1, 0.15) is 0 Å². The standard InChI is InChI=1S/C15H32N4O/c1-5-6-13(14(16)17-20)19-11-9-18(10-12-19)8-7-15(2,3)4/h13,20H,5-12H2,1-4H3,(H2,16,17). The Morgan fingerprint density at radius 1 is 1.25 bits per heavy atom. The van der Waals surface area contributed by atoms with E-state index in [0.29, 0.717) is 11.3 Å². The predicted molar refractivity (Wildman–Crippen MR) is 84.2 cm³/mol. The highest BCUT2D eigenvalue weighted by Crippen LogP contribution is 2.20. The molecule has 1 unspecified atom stereocenters. The van der Waals surface area contributed by atoms with Crippen molar-refractivity contribution in [3.63, 3.8) is 0 Å². The zero-order valence-electron chi connectivity index (χ0n) is 13.6. The summed E-state index contributed by atoms with van der Waals surface area (Å²) in [6, 6.07) is 0.0924. The highest BCUT2D eigenvalue weighted by Gasteiger charge is 2.26. The van der Waals surface area contributed by atoms with Gasteiger partial charge in [-0.1, -0.05) is 39.3 Å². The van der Waals surface area contributed by atoms with Crippen LogP contribution in [0.1, 0.15) is 47.0 Å². The van der Waals surface area contributed by atoms with E-state index in [1.165, 1.54) is 13.0 Å². The Labute approximate surface area is 123 Å². The van der Waals surface area contributed by atoms with Gasteiger partial charge in [-0.05, 0) is 24.8 Å². The van der Waals surface area contributed by atoms with Crippen LogP contribution in [0.4, 0.5) is 0 Å². The summed E-state index contributed by atoms with van der Waals surface area (Å²) in [5.74, 6) is 0.356. The number of hydrogen-bond donors (Lipinski definition) is 2. The zero-order valence-corrected chi connectivity index (χ0v) is 13.6. The molecule has 0 aromatic heterocycles. The Kier molecular flexibility index (Phi) is 6.76. The van der Waals surface area contributed by atoms with E-state index >= 15 is 0 Å². The summed E-state index contributed by atoms with van der Waals surface area (Å²) in [6.07, 6.45) is 3.23. The van der Waals surface area contributed by atoms with Crippen molar-refractivity contribution in [2.45, 2.75) is 53.0 Å². The molecular formula is C15H32N4O. The molecule has 1 aliphatic heterocycles. The lowest BCUT2D eigenvalue weighted by Crippen LogP contribution is -2.54. The first-order valence-electron chi connectivity index (χ1n) is 7.81. The minimum absolute atomic E-state index is 0.0924. The van der Waals surface area contributed by atoms with Gasteiger partial charge in [-0.25, -0.2) is 0 Å². The Morgan fingerprint density at radius 3 is 2.30 bits per heavy atom. The van der Waals surface area contributed by atoms with Crippen LogP contribution in [0, 0.1) is 5.41 Å². The number of nitrogens with zero attached hydrogens (tertiary/aromatic N) is 3. The summed E-state index contributed by atoms with van der Waals surface area (Å²) in [5, 5.41) is 12.1. The molecule has 1 heterocycles. The molecule has 0 amide bonds. The van der Waals surface area contributed by atoms with Crippen LogP contribution in [0.5, 0.6) is 0 Å². The second-order valence-corrected chi connectivity index (χ2v) is 7.02. The molecule has 1 saturated heterocycles. The van der Waals surface area contributed by atoms with Crippen LogP contribution < -0.4 is 5.73 Å². The maximum absolute atomic E-state index is 8.91. The number of rotatable bonds is 6. The lowest BCUT2D eigenvalue weighted by Gasteiger charge is -2.39. The molecule has 0 aromatic carbocycles. The van der Waals surface area contributed by atoms with Crippen LogP contribution in [0.15, 0.2) is 5.16 Å². The van der Waals surface area contributed by atoms with Crippen LogP contribution >= 0.6 is 0 Å². The lowest BCUT2D eigenvalue weighted by molar-refractivity contribution is 0.104. The van der Waals surface area contributed by atoms with Gasteiger partial charge in [-0.15, -0.1) is 0 Å². The Bertz CT molecular complexity index is 303. The van der Waals surface area contributed by atoms with Gasteiger partial charge in [-0.2, -0.15) is 0 Å². The quantitative estimate of drug-likeness (QED) is 0.339. The maximum atomic E-state index is 8.91. The molecule has 0 saturated carbocycles. The monoisotopic (exact) mass is 284 g/mol. The molecule has 0 spiro atoms. The van der Waals surface area contributed by atoms with Crippen molar-refractivity contribution < 1.29 is 5.21 Å². The number of amidine groups is 1. The third-order valence-electron chi connectivity index (χ3n) is 4.04. The van der Waals surface area contributed by atoms with Gasteiger partial charge in [0.15, 0.2) is 5.84 Å². The van der Waals surface area contributed by atoms with E-state index in [-0.39, 0.29) is 6.04 Å². The molecule has 3 N–H and O–H groups in total. The van der Waals surface area contributed by atoms with Crippen molar-refractivity contribution in [1.29, 1.82) is 0 Å². The molecule has 5 heteroatoms. The highest BCUT2D eigenvalue weighted by molar-refractivity contribution is 5.85. The zero-order chi connectivity index (χ0) is 15.2. The van der Waals surface area contributed by atoms with E-state index in [1.807, 2.05) is 0 Å². The van der Waals surface area contributed by atoms with Crippen LogP contribution in [-0.2, 0) is 0 Å². The largest absolute Gasteiger partial charge is 0.409 e. The van der Waals surface area contributed by atoms with Crippen molar-refractivity contribution in [2.24, 2.45) is 16.3 Å². The summed E-state index contributed by atoms with van der Waals surface area (Å²) in [5.41, 5.74) is 6.23. The first-order chi connectivity index (χ1) is 9.37. The van der Waals surface area contributed by atoms with Crippen LogP contribution in [0.3, 0.4) is 0 Å². The highest BCUT2D eigenvalue weighted by atomic mass is 16.4. The minimum atomic E-state index is 0.0924. The van der Waals surface area contributed by atoms with Gasteiger partial charge >= 0.3 is 0 Å². The average molecular weight is 284 g/mol. The van der Waals surface area contributed by atoms with Gasteiger partial charge in [0.25, 0.3) is 0 Å². The van der Waals surface area contributed by atoms with Gasteiger partial charge in [0.2, 0.25) is 0 Å². The van der Waals surface area contributed by atoms with Gasteiger partial charge < -0.3 is 15.8 Å². The Hall–Kier alpha value is -0.810. The number of piperazine rings is 1.